The zero-order valence-corrected chi connectivity index (χ0v) is 26.3. The molecule has 0 amide bonds. The van der Waals surface area contributed by atoms with E-state index in [0.717, 1.165) is 0 Å². The molecule has 4 aromatic carbocycles. The molecule has 190 valence electrons. The van der Waals surface area contributed by atoms with Crippen LogP contribution in [0.25, 0.3) is 21.5 Å². The van der Waals surface area contributed by atoms with Gasteiger partial charge >= 0.3 is 0 Å². The lowest BCUT2D eigenvalue weighted by Gasteiger charge is -2.33. The Hall–Kier alpha value is -1.31. The van der Waals surface area contributed by atoms with Gasteiger partial charge in [-0.2, -0.15) is 0 Å². The first-order chi connectivity index (χ1) is 17.1. The van der Waals surface area contributed by atoms with Crippen LogP contribution in [0.2, 0.25) is 0 Å². The minimum absolute atomic E-state index is 0.254. The molecule has 0 N–H and O–H groups in total. The Kier molecular flexibility index (Phi) is 8.94. The Labute approximate surface area is 223 Å². The maximum atomic E-state index is 2.56. The fourth-order valence-electron chi connectivity index (χ4n) is 5.82. The minimum atomic E-state index is -0.490. The normalized spacial score (nSPS) is 12.7. The van der Waals surface area contributed by atoms with Crippen LogP contribution in [0.15, 0.2) is 72.8 Å². The fourth-order valence-corrected chi connectivity index (χ4v) is 15.0. The Morgan fingerprint density at radius 3 is 0.917 bits per heavy atom. The number of hydrogen-bond donors (Lipinski definition) is 0. The first-order valence-corrected chi connectivity index (χ1v) is 18.2. The Morgan fingerprint density at radius 1 is 0.417 bits per heavy atom. The molecular formula is C33H43P3. The molecule has 0 atom stereocenters. The number of fused-ring (bicyclic) bond motifs is 2. The number of rotatable bonds is 8. The maximum Gasteiger partial charge on any atom is -0.0115 e. The van der Waals surface area contributed by atoms with E-state index in [9.17, 15) is 0 Å². The summed E-state index contributed by atoms with van der Waals surface area (Å²) >= 11 is 0. The van der Waals surface area contributed by atoms with E-state index >= 15 is 0 Å². The van der Waals surface area contributed by atoms with Crippen molar-refractivity contribution in [3.8, 4) is 0 Å². The molecule has 0 saturated heterocycles. The minimum Gasteiger partial charge on any atom is -0.0693 e. The second-order valence-corrected chi connectivity index (χ2v) is 19.9. The van der Waals surface area contributed by atoms with Gasteiger partial charge in [-0.1, -0.05) is 120 Å². The summed E-state index contributed by atoms with van der Waals surface area (Å²) in [7, 11) is -0.997. The maximum absolute atomic E-state index is 2.56. The standard InChI is InChI=1S/C33H43P3/c1-22(2)35(23(3)4)32-20-28-16-12-10-14-26(28)18-30(32)34(9)31-19-27-15-11-13-17-29(27)21-33(31)36(24(5)6)25(7)8/h10-25H,1-9H3. The van der Waals surface area contributed by atoms with Gasteiger partial charge in [-0.3, -0.25) is 0 Å². The van der Waals surface area contributed by atoms with Gasteiger partial charge in [0.2, 0.25) is 0 Å². The van der Waals surface area contributed by atoms with Crippen LogP contribution in [0.5, 0.6) is 0 Å². The molecule has 4 aromatic rings. The fraction of sp³-hybridized carbons (Fsp3) is 0.394. The zero-order valence-electron chi connectivity index (χ0n) is 23.6. The van der Waals surface area contributed by atoms with Crippen LogP contribution in [0.1, 0.15) is 55.4 Å². The summed E-state index contributed by atoms with van der Waals surface area (Å²) in [6.07, 6.45) is 0. The van der Waals surface area contributed by atoms with E-state index in [2.05, 4.69) is 135 Å². The number of benzene rings is 4. The smallest absolute Gasteiger partial charge is 0.0115 e. The van der Waals surface area contributed by atoms with Crippen LogP contribution in [0.3, 0.4) is 0 Å². The predicted molar refractivity (Wildman–Crippen MR) is 174 cm³/mol. The van der Waals surface area contributed by atoms with Gasteiger partial charge in [0.05, 0.1) is 0 Å². The molecule has 0 bridgehead atoms. The van der Waals surface area contributed by atoms with Crippen LogP contribution in [0.4, 0.5) is 0 Å². The van der Waals surface area contributed by atoms with Gasteiger partial charge in [0.1, 0.15) is 0 Å². The van der Waals surface area contributed by atoms with Gasteiger partial charge < -0.3 is 0 Å². The summed E-state index contributed by atoms with van der Waals surface area (Å²) in [5.74, 6) is 0. The highest BCUT2D eigenvalue weighted by molar-refractivity contribution is 7.78. The average molecular weight is 533 g/mol. The summed E-state index contributed by atoms with van der Waals surface area (Å²) in [6, 6.07) is 28.2. The van der Waals surface area contributed by atoms with E-state index in [4.69, 9.17) is 0 Å². The first-order valence-electron chi connectivity index (χ1n) is 13.5. The largest absolute Gasteiger partial charge is 0.0693 e. The van der Waals surface area contributed by atoms with Crippen LogP contribution in [0, 0.1) is 0 Å². The molecule has 0 aliphatic heterocycles. The van der Waals surface area contributed by atoms with Gasteiger partial charge in [0, 0.05) is 0 Å². The lowest BCUT2D eigenvalue weighted by Crippen LogP contribution is -2.34. The molecule has 0 aliphatic carbocycles. The van der Waals surface area contributed by atoms with Crippen LogP contribution < -0.4 is 21.2 Å². The first kappa shape index (κ1) is 27.7. The molecule has 36 heavy (non-hydrogen) atoms. The van der Waals surface area contributed by atoms with Gasteiger partial charge in [-0.05, 0) is 104 Å². The van der Waals surface area contributed by atoms with Crippen molar-refractivity contribution in [1.82, 2.24) is 0 Å². The highest BCUT2D eigenvalue weighted by atomic mass is 31.1. The molecule has 0 aliphatic rings. The predicted octanol–water partition coefficient (Wildman–Crippen LogP) is 8.90. The highest BCUT2D eigenvalue weighted by Crippen LogP contribution is 2.49. The van der Waals surface area contributed by atoms with E-state index in [1.165, 1.54) is 21.5 Å². The van der Waals surface area contributed by atoms with Gasteiger partial charge in [-0.15, -0.1) is 0 Å². The number of hydrogen-bond acceptors (Lipinski definition) is 0. The van der Waals surface area contributed by atoms with Crippen molar-refractivity contribution in [2.45, 2.75) is 78.0 Å². The topological polar surface area (TPSA) is 0 Å². The summed E-state index contributed by atoms with van der Waals surface area (Å²) < 4.78 is 0. The van der Waals surface area contributed by atoms with Crippen molar-refractivity contribution in [3.05, 3.63) is 72.8 Å². The SMILES string of the molecule is CC(C)P(c1cc2ccccc2cc1P(C)c1cc2ccccc2cc1P(C(C)C)C(C)C)C(C)C. The monoisotopic (exact) mass is 532 g/mol. The van der Waals surface area contributed by atoms with Crippen molar-refractivity contribution in [3.63, 3.8) is 0 Å². The lowest BCUT2D eigenvalue weighted by atomic mass is 10.1. The van der Waals surface area contributed by atoms with Crippen LogP contribution in [-0.4, -0.2) is 29.3 Å². The van der Waals surface area contributed by atoms with Gasteiger partial charge in [0.25, 0.3) is 0 Å². The van der Waals surface area contributed by atoms with Crippen molar-refractivity contribution in [2.24, 2.45) is 0 Å². The summed E-state index contributed by atoms with van der Waals surface area (Å²) in [5, 5.41) is 12.0. The second kappa shape index (κ2) is 11.6. The molecule has 0 unspecified atom stereocenters. The molecule has 0 saturated carbocycles. The van der Waals surface area contributed by atoms with E-state index < -0.39 is 7.92 Å². The molecule has 0 nitrogen and oxygen atoms in total. The van der Waals surface area contributed by atoms with Gasteiger partial charge in [0.15, 0.2) is 0 Å². The Bertz CT molecular complexity index is 1220. The second-order valence-electron chi connectivity index (χ2n) is 11.1. The van der Waals surface area contributed by atoms with Crippen molar-refractivity contribution in [2.75, 3.05) is 6.66 Å². The molecule has 4 rings (SSSR count). The third kappa shape index (κ3) is 5.58. The van der Waals surface area contributed by atoms with Crippen molar-refractivity contribution >= 4 is 66.5 Å². The molecule has 3 heteroatoms. The van der Waals surface area contributed by atoms with E-state index in [0.29, 0.717) is 22.6 Å². The average Bonchev–Trinajstić information content (AvgIpc) is 2.82. The van der Waals surface area contributed by atoms with E-state index in [1.54, 1.807) is 21.2 Å². The van der Waals surface area contributed by atoms with E-state index in [-0.39, 0.29) is 15.8 Å². The van der Waals surface area contributed by atoms with E-state index in [1.807, 2.05) is 0 Å². The highest BCUT2D eigenvalue weighted by Gasteiger charge is 2.29. The molecule has 0 heterocycles. The van der Waals surface area contributed by atoms with Crippen LogP contribution >= 0.6 is 23.8 Å². The molecule has 0 spiro atoms. The molecule has 0 radical (unpaired) electrons. The summed E-state index contributed by atoms with van der Waals surface area (Å²) in [6.45, 7) is 22.0. The van der Waals surface area contributed by atoms with Gasteiger partial charge in [-0.25, -0.2) is 0 Å². The summed E-state index contributed by atoms with van der Waals surface area (Å²) in [4.78, 5) is 0. The summed E-state index contributed by atoms with van der Waals surface area (Å²) in [5.41, 5.74) is 2.68. The zero-order chi connectivity index (χ0) is 26.1. The Balaban J connectivity index is 2.02. The van der Waals surface area contributed by atoms with Crippen LogP contribution in [-0.2, 0) is 0 Å². The molecular weight excluding hydrogens is 489 g/mol. The molecule has 0 aromatic heterocycles. The Morgan fingerprint density at radius 2 is 0.667 bits per heavy atom. The van der Waals surface area contributed by atoms with Crippen molar-refractivity contribution in [1.29, 1.82) is 0 Å². The quantitative estimate of drug-likeness (QED) is 0.199. The third-order valence-electron chi connectivity index (χ3n) is 7.19. The van der Waals surface area contributed by atoms with Crippen molar-refractivity contribution < 1.29 is 0 Å². The third-order valence-corrected chi connectivity index (χ3v) is 16.0. The molecule has 0 fully saturated rings. The lowest BCUT2D eigenvalue weighted by molar-refractivity contribution is 1.02.